The van der Waals surface area contributed by atoms with Gasteiger partial charge in [0.1, 0.15) is 19.3 Å². The van der Waals surface area contributed by atoms with Crippen molar-refractivity contribution in [1.82, 2.24) is 5.32 Å². The van der Waals surface area contributed by atoms with Gasteiger partial charge in [-0.3, -0.25) is 18.6 Å². The van der Waals surface area contributed by atoms with Crippen LogP contribution in [-0.2, 0) is 27.9 Å². The van der Waals surface area contributed by atoms with Gasteiger partial charge in [0.2, 0.25) is 5.91 Å². The van der Waals surface area contributed by atoms with Crippen molar-refractivity contribution in [1.29, 1.82) is 0 Å². The molecule has 0 rings (SSSR count). The molecule has 0 aliphatic rings. The highest BCUT2D eigenvalue weighted by Gasteiger charge is 2.30. The molecule has 0 aliphatic carbocycles. The molecule has 77 heavy (non-hydrogen) atoms. The van der Waals surface area contributed by atoms with Crippen LogP contribution in [0.1, 0.15) is 303 Å². The Morgan fingerprint density at radius 2 is 0.831 bits per heavy atom. The SMILES string of the molecule is CC/C=C/C/C=C/C/C=C/CCCCCCCCC(=O)NC(COP(=O)(O)OCC[N+](C)(C)C)C(/C=C\CCCCCCCCCCCC)OC(=O)CCCCCCCCCCCCCCC/C=C/CCCCCCCC. The minimum Gasteiger partial charge on any atom is -0.456 e. The first-order chi connectivity index (χ1) is 37.4. The summed E-state index contributed by atoms with van der Waals surface area (Å²) in [7, 11) is 1.49. The first kappa shape index (κ1) is 74.7. The quantitative estimate of drug-likeness (QED) is 0.0205. The van der Waals surface area contributed by atoms with E-state index < -0.39 is 20.0 Å². The molecule has 0 aliphatic heterocycles. The smallest absolute Gasteiger partial charge is 0.456 e. The van der Waals surface area contributed by atoms with Gasteiger partial charge in [0, 0.05) is 12.8 Å². The van der Waals surface area contributed by atoms with Crippen molar-refractivity contribution >= 4 is 19.7 Å². The van der Waals surface area contributed by atoms with E-state index >= 15 is 0 Å². The molecule has 0 radical (unpaired) electrons. The van der Waals surface area contributed by atoms with E-state index in [2.05, 4.69) is 74.7 Å². The number of carbonyl (C=O) groups is 2. The van der Waals surface area contributed by atoms with E-state index in [1.807, 2.05) is 33.3 Å². The number of allylic oxidation sites excluding steroid dienone is 9. The van der Waals surface area contributed by atoms with Gasteiger partial charge in [-0.1, -0.05) is 262 Å². The van der Waals surface area contributed by atoms with Crippen molar-refractivity contribution in [2.24, 2.45) is 0 Å². The molecular weight excluding hydrogens is 976 g/mol. The average molecular weight is 1100 g/mol. The molecule has 0 aromatic heterocycles. The van der Waals surface area contributed by atoms with Crippen LogP contribution in [0, 0.1) is 0 Å². The van der Waals surface area contributed by atoms with Crippen LogP contribution < -0.4 is 5.32 Å². The number of phosphoric acid groups is 1. The monoisotopic (exact) mass is 1100 g/mol. The van der Waals surface area contributed by atoms with Crippen LogP contribution in [0.3, 0.4) is 0 Å². The van der Waals surface area contributed by atoms with Crippen molar-refractivity contribution < 1.29 is 37.3 Å². The predicted molar refractivity (Wildman–Crippen MR) is 332 cm³/mol. The first-order valence-electron chi connectivity index (χ1n) is 32.6. The molecule has 10 heteroatoms. The van der Waals surface area contributed by atoms with E-state index in [0.29, 0.717) is 17.4 Å². The third kappa shape index (κ3) is 58.2. The molecule has 3 atom stereocenters. The molecule has 2 N–H and O–H groups in total. The highest BCUT2D eigenvalue weighted by Crippen LogP contribution is 2.43. The lowest BCUT2D eigenvalue weighted by Gasteiger charge is -2.27. The Balaban J connectivity index is 5.15. The summed E-state index contributed by atoms with van der Waals surface area (Å²) < 4.78 is 30.7. The fourth-order valence-electron chi connectivity index (χ4n) is 9.42. The van der Waals surface area contributed by atoms with Crippen LogP contribution in [0.5, 0.6) is 0 Å². The lowest BCUT2D eigenvalue weighted by Crippen LogP contribution is -2.47. The molecule has 450 valence electrons. The Morgan fingerprint density at radius 1 is 0.468 bits per heavy atom. The maximum absolute atomic E-state index is 13.5. The van der Waals surface area contributed by atoms with Crippen LogP contribution >= 0.6 is 7.82 Å². The van der Waals surface area contributed by atoms with Gasteiger partial charge in [-0.05, 0) is 89.5 Å². The topological polar surface area (TPSA) is 111 Å². The fourth-order valence-corrected chi connectivity index (χ4v) is 10.2. The zero-order valence-electron chi connectivity index (χ0n) is 51.5. The number of carbonyl (C=O) groups excluding carboxylic acids is 2. The van der Waals surface area contributed by atoms with Crippen molar-refractivity contribution in [3.05, 3.63) is 60.8 Å². The second-order valence-electron chi connectivity index (χ2n) is 23.3. The highest BCUT2D eigenvalue weighted by molar-refractivity contribution is 7.47. The molecule has 0 saturated carbocycles. The van der Waals surface area contributed by atoms with Crippen LogP contribution in [-0.4, -0.2) is 74.3 Å². The maximum Gasteiger partial charge on any atom is 0.472 e. The number of amides is 1. The Morgan fingerprint density at radius 3 is 1.26 bits per heavy atom. The van der Waals surface area contributed by atoms with Crippen molar-refractivity contribution in [3.8, 4) is 0 Å². The molecule has 0 spiro atoms. The van der Waals surface area contributed by atoms with Gasteiger partial charge < -0.3 is 19.4 Å². The maximum atomic E-state index is 13.5. The van der Waals surface area contributed by atoms with E-state index in [1.165, 1.54) is 180 Å². The van der Waals surface area contributed by atoms with E-state index in [1.54, 1.807) is 0 Å². The summed E-state index contributed by atoms with van der Waals surface area (Å²) in [6.07, 6.45) is 72.2. The molecule has 9 nitrogen and oxygen atoms in total. The van der Waals surface area contributed by atoms with Crippen molar-refractivity contribution in [2.75, 3.05) is 40.9 Å². The summed E-state index contributed by atoms with van der Waals surface area (Å²) in [5.74, 6) is -0.512. The number of hydrogen-bond acceptors (Lipinski definition) is 6. The van der Waals surface area contributed by atoms with Crippen LogP contribution in [0.25, 0.3) is 0 Å². The van der Waals surface area contributed by atoms with Crippen LogP contribution in [0.2, 0.25) is 0 Å². The number of nitrogens with zero attached hydrogens (tertiary/aromatic N) is 1. The lowest BCUT2D eigenvalue weighted by atomic mass is 10.0. The van der Waals surface area contributed by atoms with Gasteiger partial charge in [0.15, 0.2) is 0 Å². The van der Waals surface area contributed by atoms with Gasteiger partial charge >= 0.3 is 13.8 Å². The molecule has 0 bridgehead atoms. The third-order valence-electron chi connectivity index (χ3n) is 14.4. The molecule has 3 unspecified atom stereocenters. The number of phosphoric ester groups is 1. The minimum atomic E-state index is -4.45. The third-order valence-corrected chi connectivity index (χ3v) is 15.4. The zero-order valence-corrected chi connectivity index (χ0v) is 52.3. The van der Waals surface area contributed by atoms with E-state index in [0.717, 1.165) is 89.9 Å². The second-order valence-corrected chi connectivity index (χ2v) is 24.7. The van der Waals surface area contributed by atoms with Gasteiger partial charge in [-0.2, -0.15) is 0 Å². The predicted octanol–water partition coefficient (Wildman–Crippen LogP) is 20.2. The summed E-state index contributed by atoms with van der Waals surface area (Å²) in [6.45, 7) is 6.91. The zero-order chi connectivity index (χ0) is 56.4. The largest absolute Gasteiger partial charge is 0.472 e. The first-order valence-corrected chi connectivity index (χ1v) is 34.1. The number of unbranched alkanes of at least 4 members (excludes halogenated alkanes) is 35. The number of nitrogens with one attached hydrogen (secondary N) is 1. The number of quaternary nitrogens is 1. The molecule has 0 saturated heterocycles. The molecule has 0 aromatic rings. The van der Waals surface area contributed by atoms with Crippen molar-refractivity contribution in [3.63, 3.8) is 0 Å². The average Bonchev–Trinajstić information content (AvgIpc) is 3.39. The Kier molecular flexibility index (Phi) is 55.3. The summed E-state index contributed by atoms with van der Waals surface area (Å²) in [5.41, 5.74) is 0. The van der Waals surface area contributed by atoms with Gasteiger partial charge in [0.25, 0.3) is 0 Å². The van der Waals surface area contributed by atoms with Gasteiger partial charge in [-0.25, -0.2) is 4.57 Å². The number of likely N-dealkylation sites (N-methyl/N-ethyl adjacent to an activating group) is 1. The molecule has 0 heterocycles. The number of rotatable bonds is 59. The Labute approximate surface area is 477 Å². The van der Waals surface area contributed by atoms with Crippen LogP contribution in [0.4, 0.5) is 0 Å². The molecule has 0 aromatic carbocycles. The van der Waals surface area contributed by atoms with E-state index in [-0.39, 0.29) is 31.5 Å². The summed E-state index contributed by atoms with van der Waals surface area (Å²) in [4.78, 5) is 37.8. The summed E-state index contributed by atoms with van der Waals surface area (Å²) in [5, 5.41) is 3.05. The molecule has 0 fully saturated rings. The summed E-state index contributed by atoms with van der Waals surface area (Å²) >= 11 is 0. The molecule has 1 amide bonds. The fraction of sp³-hybridized carbons (Fsp3) is 0.821. The second kappa shape index (κ2) is 57.0. The number of ether oxygens (including phenoxy) is 1. The van der Waals surface area contributed by atoms with E-state index in [9.17, 15) is 19.0 Å². The van der Waals surface area contributed by atoms with Gasteiger partial charge in [0.05, 0.1) is 33.8 Å². The molecular formula is C67H126N2O7P+. The Hall–Kier alpha value is -2.29. The number of hydrogen-bond donors (Lipinski definition) is 2. The number of esters is 1. The van der Waals surface area contributed by atoms with Gasteiger partial charge in [-0.15, -0.1) is 0 Å². The Bertz CT molecular complexity index is 1500. The summed E-state index contributed by atoms with van der Waals surface area (Å²) in [6, 6.07) is -0.855. The van der Waals surface area contributed by atoms with E-state index in [4.69, 9.17) is 13.8 Å². The lowest BCUT2D eigenvalue weighted by molar-refractivity contribution is -0.870. The normalized spacial score (nSPS) is 14.0. The van der Waals surface area contributed by atoms with Crippen LogP contribution in [0.15, 0.2) is 60.8 Å². The van der Waals surface area contributed by atoms with Crippen molar-refractivity contribution in [2.45, 2.75) is 315 Å². The standard InChI is InChI=1S/C67H125N2O7P/c1-7-10-13-16-19-22-25-28-30-32-33-34-35-36-37-38-40-42-45-48-51-54-57-60-67(71)76-65(58-55-52-49-46-43-27-24-21-18-15-12-9-3)64(63-75-77(72,73)74-62-61-69(4,5)6)68-66(70)59-56-53-50-47-44-41-39-31-29-26-23-20-17-14-11-8-2/h11,14,20,23,28-31,55,58,64-65H,7-10,12-13,15-19,21-22,24-27,32-54,56-57,59-63H2,1-6H3,(H-,68,70,72,73)/p+1/b14-11+,23-20+,30-28+,31-29+,58-55-. The minimum absolute atomic E-state index is 0.0369. The highest BCUT2D eigenvalue weighted by atomic mass is 31.2.